The standard InChI is InChI=1S/C24H15Cl2F2NO3S/c25-18-6-2-8-20(27)16(18)12-29-23(30)22(33-24(29)31)11-14-4-1-5-15(10-14)32-13-17-19(26)7-3-9-21(17)28/h1-11H,12-13H2/b22-11-. The van der Waals surface area contributed by atoms with E-state index in [9.17, 15) is 18.4 Å². The minimum Gasteiger partial charge on any atom is -0.489 e. The van der Waals surface area contributed by atoms with Crippen molar-refractivity contribution in [3.05, 3.63) is 104 Å². The van der Waals surface area contributed by atoms with Crippen molar-refractivity contribution in [2.24, 2.45) is 0 Å². The topological polar surface area (TPSA) is 46.6 Å². The lowest BCUT2D eigenvalue weighted by molar-refractivity contribution is -0.123. The fourth-order valence-corrected chi connectivity index (χ4v) is 4.43. The maximum absolute atomic E-state index is 14.1. The average Bonchev–Trinajstić information content (AvgIpc) is 3.03. The maximum atomic E-state index is 14.1. The Bertz CT molecular complexity index is 1240. The zero-order valence-corrected chi connectivity index (χ0v) is 19.2. The highest BCUT2D eigenvalue weighted by molar-refractivity contribution is 8.18. The fourth-order valence-electron chi connectivity index (χ4n) is 3.15. The van der Waals surface area contributed by atoms with Gasteiger partial charge in [0.05, 0.1) is 16.5 Å². The highest BCUT2D eigenvalue weighted by atomic mass is 35.5. The van der Waals surface area contributed by atoms with Gasteiger partial charge >= 0.3 is 0 Å². The Hall–Kier alpha value is -2.87. The molecule has 0 bridgehead atoms. The van der Waals surface area contributed by atoms with E-state index in [-0.39, 0.29) is 39.2 Å². The molecule has 2 amide bonds. The molecule has 0 saturated carbocycles. The number of thioether (sulfide) groups is 1. The van der Waals surface area contributed by atoms with Gasteiger partial charge in [0.2, 0.25) is 0 Å². The number of rotatable bonds is 6. The van der Waals surface area contributed by atoms with Crippen molar-refractivity contribution in [3.8, 4) is 5.75 Å². The van der Waals surface area contributed by atoms with Crippen LogP contribution in [0.5, 0.6) is 5.75 Å². The molecular weight excluding hydrogens is 491 g/mol. The van der Waals surface area contributed by atoms with Gasteiger partial charge in [0, 0.05) is 16.1 Å². The van der Waals surface area contributed by atoms with Crippen LogP contribution in [0.4, 0.5) is 13.6 Å². The molecule has 168 valence electrons. The van der Waals surface area contributed by atoms with Crippen LogP contribution in [0.1, 0.15) is 16.7 Å². The molecule has 0 aliphatic carbocycles. The number of hydrogen-bond acceptors (Lipinski definition) is 4. The summed E-state index contributed by atoms with van der Waals surface area (Å²) in [7, 11) is 0. The molecule has 3 aromatic rings. The first kappa shape index (κ1) is 23.3. The molecule has 33 heavy (non-hydrogen) atoms. The van der Waals surface area contributed by atoms with Crippen molar-refractivity contribution in [2.45, 2.75) is 13.2 Å². The second-order valence-corrected chi connectivity index (χ2v) is 8.84. The number of nitrogens with zero attached hydrogens (tertiary/aromatic N) is 1. The second-order valence-electron chi connectivity index (χ2n) is 7.03. The Labute approximate surface area is 202 Å². The highest BCUT2D eigenvalue weighted by Crippen LogP contribution is 2.35. The highest BCUT2D eigenvalue weighted by Gasteiger charge is 2.35. The number of halogens is 4. The van der Waals surface area contributed by atoms with Crippen LogP contribution in [-0.4, -0.2) is 16.0 Å². The largest absolute Gasteiger partial charge is 0.489 e. The zero-order chi connectivity index (χ0) is 23.5. The third-order valence-corrected chi connectivity index (χ3v) is 6.47. The van der Waals surface area contributed by atoms with Crippen molar-refractivity contribution in [3.63, 3.8) is 0 Å². The van der Waals surface area contributed by atoms with Crippen molar-refractivity contribution in [1.29, 1.82) is 0 Å². The number of benzene rings is 3. The molecule has 0 aromatic heterocycles. The minimum atomic E-state index is -0.592. The van der Waals surface area contributed by atoms with E-state index in [1.165, 1.54) is 36.4 Å². The summed E-state index contributed by atoms with van der Waals surface area (Å²) in [6, 6.07) is 15.3. The van der Waals surface area contributed by atoms with Crippen LogP contribution >= 0.6 is 35.0 Å². The monoisotopic (exact) mass is 505 g/mol. The summed E-state index contributed by atoms with van der Waals surface area (Å²) < 4.78 is 33.7. The zero-order valence-electron chi connectivity index (χ0n) is 16.9. The molecule has 1 heterocycles. The fraction of sp³-hybridized carbons (Fsp3) is 0.0833. The molecule has 4 rings (SSSR count). The quantitative estimate of drug-likeness (QED) is 0.335. The molecule has 9 heteroatoms. The number of ether oxygens (including phenoxy) is 1. The Morgan fingerprint density at radius 1 is 0.909 bits per heavy atom. The third-order valence-electron chi connectivity index (χ3n) is 4.85. The Morgan fingerprint density at radius 3 is 2.21 bits per heavy atom. The summed E-state index contributed by atoms with van der Waals surface area (Å²) in [6.07, 6.45) is 1.54. The smallest absolute Gasteiger partial charge is 0.293 e. The first-order valence-corrected chi connectivity index (χ1v) is 11.2. The predicted octanol–water partition coefficient (Wildman–Crippen LogP) is 7.09. The molecular formula is C24H15Cl2F2NO3S. The Morgan fingerprint density at radius 2 is 1.55 bits per heavy atom. The van der Waals surface area contributed by atoms with Crippen LogP contribution < -0.4 is 4.74 Å². The normalized spacial score (nSPS) is 14.9. The molecule has 0 unspecified atom stereocenters. The molecule has 4 nitrogen and oxygen atoms in total. The van der Waals surface area contributed by atoms with Gasteiger partial charge in [-0.1, -0.05) is 47.5 Å². The number of hydrogen-bond donors (Lipinski definition) is 0. The first-order valence-electron chi connectivity index (χ1n) is 9.67. The summed E-state index contributed by atoms with van der Waals surface area (Å²) in [5, 5.41) is -0.125. The molecule has 0 radical (unpaired) electrons. The van der Waals surface area contributed by atoms with Crippen LogP contribution in [0.2, 0.25) is 10.0 Å². The SMILES string of the molecule is O=C1S/C(=C\c2cccc(OCc3c(F)cccc3Cl)c2)C(=O)N1Cc1c(F)cccc1Cl. The van der Waals surface area contributed by atoms with E-state index in [0.29, 0.717) is 11.3 Å². The molecule has 0 atom stereocenters. The molecule has 1 aliphatic rings. The van der Waals surface area contributed by atoms with E-state index in [0.717, 1.165) is 16.7 Å². The lowest BCUT2D eigenvalue weighted by Gasteiger charge is -2.14. The van der Waals surface area contributed by atoms with Gasteiger partial charge in [0.1, 0.15) is 24.0 Å². The van der Waals surface area contributed by atoms with Gasteiger partial charge in [-0.25, -0.2) is 8.78 Å². The van der Waals surface area contributed by atoms with Crippen molar-refractivity contribution < 1.29 is 23.1 Å². The molecule has 1 aliphatic heterocycles. The molecule has 0 spiro atoms. The van der Waals surface area contributed by atoms with Crippen LogP contribution in [0.15, 0.2) is 65.6 Å². The molecule has 1 saturated heterocycles. The lowest BCUT2D eigenvalue weighted by atomic mass is 10.1. The number of imide groups is 1. The predicted molar refractivity (Wildman–Crippen MR) is 125 cm³/mol. The van der Waals surface area contributed by atoms with E-state index in [1.54, 1.807) is 30.3 Å². The van der Waals surface area contributed by atoms with Crippen molar-refractivity contribution >= 4 is 52.2 Å². The van der Waals surface area contributed by atoms with Gasteiger partial charge in [-0.05, 0) is 59.8 Å². The van der Waals surface area contributed by atoms with Crippen LogP contribution in [-0.2, 0) is 17.9 Å². The second kappa shape index (κ2) is 9.95. The lowest BCUT2D eigenvalue weighted by Crippen LogP contribution is -2.28. The summed E-state index contributed by atoms with van der Waals surface area (Å²) in [5.74, 6) is -1.18. The Kier molecular flexibility index (Phi) is 7.02. The summed E-state index contributed by atoms with van der Waals surface area (Å²) >= 11 is 12.8. The first-order chi connectivity index (χ1) is 15.8. The van der Waals surface area contributed by atoms with Gasteiger partial charge < -0.3 is 4.74 Å². The van der Waals surface area contributed by atoms with Gasteiger partial charge in [-0.2, -0.15) is 0 Å². The minimum absolute atomic E-state index is 0.0740. The van der Waals surface area contributed by atoms with Crippen molar-refractivity contribution in [2.75, 3.05) is 0 Å². The average molecular weight is 506 g/mol. The van der Waals surface area contributed by atoms with Crippen molar-refractivity contribution in [1.82, 2.24) is 4.90 Å². The molecule has 1 fully saturated rings. The van der Waals surface area contributed by atoms with Gasteiger partial charge in [0.25, 0.3) is 11.1 Å². The maximum Gasteiger partial charge on any atom is 0.293 e. The van der Waals surface area contributed by atoms with E-state index in [2.05, 4.69) is 0 Å². The third kappa shape index (κ3) is 5.21. The van der Waals surface area contributed by atoms with E-state index in [1.807, 2.05) is 0 Å². The van der Waals surface area contributed by atoms with Crippen LogP contribution in [0, 0.1) is 11.6 Å². The van der Waals surface area contributed by atoms with Crippen LogP contribution in [0.3, 0.4) is 0 Å². The van der Waals surface area contributed by atoms with Crippen LogP contribution in [0.25, 0.3) is 6.08 Å². The number of carbonyl (C=O) groups is 2. The number of amides is 2. The van der Waals surface area contributed by atoms with Gasteiger partial charge in [-0.15, -0.1) is 0 Å². The summed E-state index contributed by atoms with van der Waals surface area (Å²) in [4.78, 5) is 26.3. The van der Waals surface area contributed by atoms with E-state index < -0.39 is 22.8 Å². The molecule has 3 aromatic carbocycles. The molecule has 0 N–H and O–H groups in total. The van der Waals surface area contributed by atoms with Gasteiger partial charge in [0.15, 0.2) is 0 Å². The van der Waals surface area contributed by atoms with E-state index >= 15 is 0 Å². The van der Waals surface area contributed by atoms with Gasteiger partial charge in [-0.3, -0.25) is 14.5 Å². The van der Waals surface area contributed by atoms with E-state index in [4.69, 9.17) is 27.9 Å². The number of carbonyl (C=O) groups excluding carboxylic acids is 2. The Balaban J connectivity index is 1.50. The summed E-state index contributed by atoms with van der Waals surface area (Å²) in [6.45, 7) is -0.338. The summed E-state index contributed by atoms with van der Waals surface area (Å²) in [5.41, 5.74) is 0.906.